The van der Waals surface area contributed by atoms with Crippen molar-refractivity contribution in [2.24, 2.45) is 0 Å². The zero-order valence-corrected chi connectivity index (χ0v) is 10.0. The Kier molecular flexibility index (Phi) is 3.34. The number of nitro groups is 1. The highest BCUT2D eigenvalue weighted by molar-refractivity contribution is 6.30. The van der Waals surface area contributed by atoms with Crippen LogP contribution in [0.3, 0.4) is 0 Å². The summed E-state index contributed by atoms with van der Waals surface area (Å²) in [6, 6.07) is 11.6. The van der Waals surface area contributed by atoms with Crippen LogP contribution >= 0.6 is 11.6 Å². The molecular weight excluding hydrogens is 254 g/mol. The lowest BCUT2D eigenvalue weighted by Crippen LogP contribution is -2.00. The number of nitro benzene ring substituents is 1. The number of para-hydroxylation sites is 1. The van der Waals surface area contributed by atoms with Crippen molar-refractivity contribution in [2.75, 3.05) is 11.1 Å². The molecule has 0 unspecified atom stereocenters. The smallest absolute Gasteiger partial charge is 0.315 e. The predicted molar refractivity (Wildman–Crippen MR) is 72.2 cm³/mol. The first kappa shape index (κ1) is 12.2. The molecule has 0 radical (unpaired) electrons. The Morgan fingerprint density at radius 1 is 1.22 bits per heavy atom. The number of rotatable bonds is 3. The standard InChI is InChI=1S/C12H10ClN3O2/c13-8-3-1-4-9(7-8)15-11-6-2-5-10(14)12(11)16(17)18/h1-7,15H,14H2. The minimum atomic E-state index is -0.512. The zero-order chi connectivity index (χ0) is 13.1. The van der Waals surface area contributed by atoms with Crippen LogP contribution in [0.2, 0.25) is 5.02 Å². The van der Waals surface area contributed by atoms with E-state index in [-0.39, 0.29) is 11.4 Å². The van der Waals surface area contributed by atoms with Gasteiger partial charge in [-0.25, -0.2) is 0 Å². The van der Waals surface area contributed by atoms with E-state index in [2.05, 4.69) is 5.32 Å². The van der Waals surface area contributed by atoms with E-state index in [1.165, 1.54) is 6.07 Å². The van der Waals surface area contributed by atoms with E-state index in [9.17, 15) is 10.1 Å². The van der Waals surface area contributed by atoms with Gasteiger partial charge in [-0.05, 0) is 30.3 Å². The van der Waals surface area contributed by atoms with Gasteiger partial charge in [-0.1, -0.05) is 23.7 Å². The van der Waals surface area contributed by atoms with E-state index in [4.69, 9.17) is 17.3 Å². The first-order chi connectivity index (χ1) is 8.58. The molecule has 5 nitrogen and oxygen atoms in total. The number of nitrogen functional groups attached to an aromatic ring is 1. The molecule has 18 heavy (non-hydrogen) atoms. The van der Waals surface area contributed by atoms with Crippen LogP contribution in [0.4, 0.5) is 22.7 Å². The molecule has 3 N–H and O–H groups in total. The minimum absolute atomic E-state index is 0.118. The SMILES string of the molecule is Nc1cccc(Nc2cccc(Cl)c2)c1[N+](=O)[O-]. The quantitative estimate of drug-likeness (QED) is 0.504. The second kappa shape index (κ2) is 4.93. The van der Waals surface area contributed by atoms with Gasteiger partial charge in [-0.3, -0.25) is 10.1 Å². The van der Waals surface area contributed by atoms with Gasteiger partial charge in [0.1, 0.15) is 11.4 Å². The largest absolute Gasteiger partial charge is 0.393 e. The van der Waals surface area contributed by atoms with E-state index in [0.29, 0.717) is 16.4 Å². The summed E-state index contributed by atoms with van der Waals surface area (Å²) in [7, 11) is 0. The van der Waals surface area contributed by atoms with E-state index in [1.807, 2.05) is 0 Å². The molecule has 0 bridgehead atoms. The van der Waals surface area contributed by atoms with Crippen LogP contribution < -0.4 is 11.1 Å². The van der Waals surface area contributed by atoms with Gasteiger partial charge in [0.25, 0.3) is 0 Å². The Labute approximate surface area is 108 Å². The van der Waals surface area contributed by atoms with Crippen LogP contribution in [-0.2, 0) is 0 Å². The summed E-state index contributed by atoms with van der Waals surface area (Å²) in [6.45, 7) is 0. The summed E-state index contributed by atoms with van der Waals surface area (Å²) < 4.78 is 0. The van der Waals surface area contributed by atoms with Crippen molar-refractivity contribution < 1.29 is 4.92 Å². The summed E-state index contributed by atoms with van der Waals surface area (Å²) in [5.41, 5.74) is 6.57. The summed E-state index contributed by atoms with van der Waals surface area (Å²) in [5.74, 6) is 0. The molecular formula is C12H10ClN3O2. The highest BCUT2D eigenvalue weighted by atomic mass is 35.5. The molecule has 2 rings (SSSR count). The molecule has 0 heterocycles. The third-order valence-corrected chi connectivity index (χ3v) is 2.59. The van der Waals surface area contributed by atoms with Crippen LogP contribution in [0.25, 0.3) is 0 Å². The fraction of sp³-hybridized carbons (Fsp3) is 0. The van der Waals surface area contributed by atoms with Gasteiger partial charge in [0, 0.05) is 10.7 Å². The average molecular weight is 264 g/mol. The number of hydrogen-bond donors (Lipinski definition) is 2. The third-order valence-electron chi connectivity index (χ3n) is 2.35. The number of hydrogen-bond acceptors (Lipinski definition) is 4. The van der Waals surface area contributed by atoms with Crippen molar-refractivity contribution in [3.05, 3.63) is 57.6 Å². The molecule has 0 saturated heterocycles. The van der Waals surface area contributed by atoms with E-state index in [1.54, 1.807) is 36.4 Å². The first-order valence-corrected chi connectivity index (χ1v) is 5.51. The Balaban J connectivity index is 2.40. The second-order valence-corrected chi connectivity index (χ2v) is 4.07. The zero-order valence-electron chi connectivity index (χ0n) is 9.26. The number of benzene rings is 2. The second-order valence-electron chi connectivity index (χ2n) is 3.64. The monoisotopic (exact) mass is 263 g/mol. The number of nitrogens with two attached hydrogens (primary N) is 1. The lowest BCUT2D eigenvalue weighted by molar-refractivity contribution is -0.383. The van der Waals surface area contributed by atoms with Crippen molar-refractivity contribution >= 4 is 34.4 Å². The molecule has 2 aromatic carbocycles. The fourth-order valence-electron chi connectivity index (χ4n) is 1.59. The van der Waals surface area contributed by atoms with Crippen molar-refractivity contribution in [1.29, 1.82) is 0 Å². The maximum atomic E-state index is 11.0. The molecule has 0 saturated carbocycles. The number of nitrogens with one attached hydrogen (secondary N) is 1. The van der Waals surface area contributed by atoms with Gasteiger partial charge in [-0.2, -0.15) is 0 Å². The predicted octanol–water partition coefficient (Wildman–Crippen LogP) is 3.57. The lowest BCUT2D eigenvalue weighted by atomic mass is 10.2. The van der Waals surface area contributed by atoms with Crippen LogP contribution in [0.15, 0.2) is 42.5 Å². The van der Waals surface area contributed by atoms with Crippen LogP contribution in [0.1, 0.15) is 0 Å². The molecule has 0 atom stereocenters. The number of nitrogens with zero attached hydrogens (tertiary/aromatic N) is 1. The van der Waals surface area contributed by atoms with Gasteiger partial charge in [0.2, 0.25) is 0 Å². The Morgan fingerprint density at radius 2 is 1.94 bits per heavy atom. The van der Waals surface area contributed by atoms with E-state index >= 15 is 0 Å². The van der Waals surface area contributed by atoms with Crippen LogP contribution in [-0.4, -0.2) is 4.92 Å². The maximum Gasteiger partial charge on any atom is 0.315 e. The molecule has 0 aliphatic rings. The molecule has 0 aliphatic carbocycles. The summed E-state index contributed by atoms with van der Waals surface area (Å²) in [5, 5.41) is 14.4. The van der Waals surface area contributed by atoms with Gasteiger partial charge in [-0.15, -0.1) is 0 Å². The van der Waals surface area contributed by atoms with Crippen molar-refractivity contribution in [3.8, 4) is 0 Å². The fourth-order valence-corrected chi connectivity index (χ4v) is 1.78. The molecule has 0 amide bonds. The van der Waals surface area contributed by atoms with Crippen molar-refractivity contribution in [1.82, 2.24) is 0 Å². The molecule has 92 valence electrons. The lowest BCUT2D eigenvalue weighted by Gasteiger charge is -2.08. The topological polar surface area (TPSA) is 81.2 Å². The molecule has 6 heteroatoms. The molecule has 0 aliphatic heterocycles. The first-order valence-electron chi connectivity index (χ1n) is 5.13. The Hall–Kier alpha value is -2.27. The van der Waals surface area contributed by atoms with Crippen LogP contribution in [0, 0.1) is 10.1 Å². The van der Waals surface area contributed by atoms with Gasteiger partial charge < -0.3 is 11.1 Å². The van der Waals surface area contributed by atoms with E-state index in [0.717, 1.165) is 0 Å². The molecule has 0 fully saturated rings. The van der Waals surface area contributed by atoms with Crippen molar-refractivity contribution in [2.45, 2.75) is 0 Å². The normalized spacial score (nSPS) is 10.1. The minimum Gasteiger partial charge on any atom is -0.393 e. The van der Waals surface area contributed by atoms with Crippen LogP contribution in [0.5, 0.6) is 0 Å². The summed E-state index contributed by atoms with van der Waals surface area (Å²) in [6.07, 6.45) is 0. The maximum absolute atomic E-state index is 11.0. The number of anilines is 3. The average Bonchev–Trinajstić information content (AvgIpc) is 2.28. The molecule has 2 aromatic rings. The highest BCUT2D eigenvalue weighted by Crippen LogP contribution is 2.33. The van der Waals surface area contributed by atoms with Gasteiger partial charge >= 0.3 is 5.69 Å². The van der Waals surface area contributed by atoms with Crippen molar-refractivity contribution in [3.63, 3.8) is 0 Å². The van der Waals surface area contributed by atoms with Gasteiger partial charge in [0.15, 0.2) is 0 Å². The van der Waals surface area contributed by atoms with E-state index < -0.39 is 4.92 Å². The summed E-state index contributed by atoms with van der Waals surface area (Å²) >= 11 is 5.85. The van der Waals surface area contributed by atoms with Gasteiger partial charge in [0.05, 0.1) is 4.92 Å². The summed E-state index contributed by atoms with van der Waals surface area (Å²) in [4.78, 5) is 10.4. The Morgan fingerprint density at radius 3 is 2.61 bits per heavy atom. The third kappa shape index (κ3) is 2.52. The molecule has 0 aromatic heterocycles. The number of halogens is 1. The Bertz CT molecular complexity index is 602. The highest BCUT2D eigenvalue weighted by Gasteiger charge is 2.17. The molecule has 0 spiro atoms.